The number of carbonyl (C=O) groups excluding carboxylic acids is 1. The fraction of sp³-hybridized carbons (Fsp3) is 0.158. The van der Waals surface area contributed by atoms with Crippen molar-refractivity contribution in [1.82, 2.24) is 5.32 Å². The molecule has 0 unspecified atom stereocenters. The fourth-order valence-electron chi connectivity index (χ4n) is 2.56. The summed E-state index contributed by atoms with van der Waals surface area (Å²) in [6, 6.07) is 11.9. The molecule has 6 nitrogen and oxygen atoms in total. The van der Waals surface area contributed by atoms with E-state index in [9.17, 15) is 9.90 Å². The fourth-order valence-corrected chi connectivity index (χ4v) is 2.86. The number of carbonyl (C=O) groups is 1. The van der Waals surface area contributed by atoms with Crippen molar-refractivity contribution in [3.63, 3.8) is 0 Å². The molecule has 0 aromatic heterocycles. The van der Waals surface area contributed by atoms with Gasteiger partial charge in [-0.1, -0.05) is 6.07 Å². The minimum atomic E-state index is -0.258. The van der Waals surface area contributed by atoms with Crippen LogP contribution in [0.3, 0.4) is 0 Å². The van der Waals surface area contributed by atoms with Crippen molar-refractivity contribution in [3.05, 3.63) is 53.7 Å². The molecule has 26 heavy (non-hydrogen) atoms. The van der Waals surface area contributed by atoms with Gasteiger partial charge in [-0.25, -0.2) is 0 Å². The van der Waals surface area contributed by atoms with E-state index in [1.54, 1.807) is 49.6 Å². The normalized spacial score (nSPS) is 15.3. The number of hydrogen-bond acceptors (Lipinski definition) is 5. The lowest BCUT2D eigenvalue weighted by Gasteiger charge is -2.14. The molecular weight excluding hydrogens is 352 g/mol. The van der Waals surface area contributed by atoms with Crippen LogP contribution in [-0.4, -0.2) is 29.8 Å². The van der Waals surface area contributed by atoms with Crippen molar-refractivity contribution in [2.45, 2.75) is 6.92 Å². The van der Waals surface area contributed by atoms with E-state index in [4.69, 9.17) is 21.7 Å². The standard InChI is InChI=1S/C19H18N2O4S/c1-3-25-17-11-12(4-9-16(17)22)10-15-18(23)21(19(26)20-15)13-5-7-14(24-2)8-6-13/h4-11,22H,3H2,1-2H3,(H,20,26)/b15-10-. The number of nitrogens with one attached hydrogen (secondary N) is 1. The van der Waals surface area contributed by atoms with Gasteiger partial charge in [0.05, 0.1) is 19.4 Å². The summed E-state index contributed by atoms with van der Waals surface area (Å²) in [4.78, 5) is 14.2. The Labute approximate surface area is 156 Å². The van der Waals surface area contributed by atoms with Crippen molar-refractivity contribution in [2.75, 3.05) is 18.6 Å². The molecule has 3 rings (SSSR count). The van der Waals surface area contributed by atoms with Crippen LogP contribution in [0.25, 0.3) is 6.08 Å². The predicted octanol–water partition coefficient (Wildman–Crippen LogP) is 3.06. The lowest BCUT2D eigenvalue weighted by molar-refractivity contribution is -0.113. The molecule has 0 saturated carbocycles. The minimum Gasteiger partial charge on any atom is -0.504 e. The van der Waals surface area contributed by atoms with Crippen LogP contribution in [0.2, 0.25) is 0 Å². The van der Waals surface area contributed by atoms with Crippen LogP contribution < -0.4 is 19.7 Å². The summed E-state index contributed by atoms with van der Waals surface area (Å²) in [6.45, 7) is 2.26. The number of phenolic OH excluding ortho intramolecular Hbond substituents is 1. The highest BCUT2D eigenvalue weighted by molar-refractivity contribution is 7.80. The SMILES string of the molecule is CCOc1cc(/C=C2\NC(=S)N(c3ccc(OC)cc3)C2=O)ccc1O. The van der Waals surface area contributed by atoms with E-state index in [2.05, 4.69) is 5.32 Å². The Kier molecular flexibility index (Phi) is 5.09. The van der Waals surface area contributed by atoms with Crippen LogP contribution in [0.1, 0.15) is 12.5 Å². The number of aromatic hydroxyl groups is 1. The summed E-state index contributed by atoms with van der Waals surface area (Å²) in [5, 5.41) is 13.0. The Balaban J connectivity index is 1.88. The number of thiocarbonyl (C=S) groups is 1. The van der Waals surface area contributed by atoms with Crippen molar-refractivity contribution in [2.24, 2.45) is 0 Å². The van der Waals surface area contributed by atoms with Gasteiger partial charge in [-0.2, -0.15) is 0 Å². The van der Waals surface area contributed by atoms with E-state index in [0.717, 1.165) is 0 Å². The van der Waals surface area contributed by atoms with E-state index in [1.807, 2.05) is 6.92 Å². The summed E-state index contributed by atoms with van der Waals surface area (Å²) < 4.78 is 10.5. The molecule has 134 valence electrons. The number of hydrogen-bond donors (Lipinski definition) is 2. The average molecular weight is 370 g/mol. The van der Waals surface area contributed by atoms with Gasteiger partial charge < -0.3 is 19.9 Å². The average Bonchev–Trinajstić information content (AvgIpc) is 2.92. The molecule has 7 heteroatoms. The lowest BCUT2D eigenvalue weighted by Crippen LogP contribution is -2.30. The van der Waals surface area contributed by atoms with Gasteiger partial charge >= 0.3 is 0 Å². The first kappa shape index (κ1) is 17.8. The molecule has 0 radical (unpaired) electrons. The van der Waals surface area contributed by atoms with Crippen molar-refractivity contribution in [3.8, 4) is 17.2 Å². The van der Waals surface area contributed by atoms with Crippen LogP contribution in [0.5, 0.6) is 17.2 Å². The van der Waals surface area contributed by atoms with Crippen molar-refractivity contribution >= 4 is 35.0 Å². The summed E-state index contributed by atoms with van der Waals surface area (Å²) in [7, 11) is 1.58. The molecule has 1 aliphatic rings. The maximum Gasteiger partial charge on any atom is 0.281 e. The molecule has 0 atom stereocenters. The second-order valence-corrected chi connectivity index (χ2v) is 5.87. The van der Waals surface area contributed by atoms with Crippen LogP contribution >= 0.6 is 12.2 Å². The summed E-state index contributed by atoms with van der Waals surface area (Å²) in [6.07, 6.45) is 1.67. The molecule has 1 aliphatic heterocycles. The predicted molar refractivity (Wildman–Crippen MR) is 103 cm³/mol. The van der Waals surface area contributed by atoms with E-state index in [-0.39, 0.29) is 11.7 Å². The zero-order chi connectivity index (χ0) is 18.7. The van der Waals surface area contributed by atoms with Crippen LogP contribution in [0.4, 0.5) is 5.69 Å². The van der Waals surface area contributed by atoms with E-state index < -0.39 is 0 Å². The van der Waals surface area contributed by atoms with Gasteiger partial charge in [-0.05, 0) is 67.2 Å². The van der Waals surface area contributed by atoms with Gasteiger partial charge in [0.15, 0.2) is 16.6 Å². The smallest absolute Gasteiger partial charge is 0.281 e. The van der Waals surface area contributed by atoms with E-state index in [1.165, 1.54) is 11.0 Å². The third-order valence-electron chi connectivity index (χ3n) is 3.80. The Morgan fingerprint density at radius 2 is 1.96 bits per heavy atom. The number of phenols is 1. The zero-order valence-electron chi connectivity index (χ0n) is 14.4. The van der Waals surface area contributed by atoms with Crippen LogP contribution in [0.15, 0.2) is 48.2 Å². The van der Waals surface area contributed by atoms with Crippen molar-refractivity contribution in [1.29, 1.82) is 0 Å². The first-order chi connectivity index (χ1) is 12.5. The summed E-state index contributed by atoms with van der Waals surface area (Å²) >= 11 is 5.30. The van der Waals surface area contributed by atoms with Crippen molar-refractivity contribution < 1.29 is 19.4 Å². The van der Waals surface area contributed by atoms with Gasteiger partial charge in [0.25, 0.3) is 5.91 Å². The van der Waals surface area contributed by atoms with E-state index >= 15 is 0 Å². The van der Waals surface area contributed by atoms with Gasteiger partial charge in [0.2, 0.25) is 0 Å². The van der Waals surface area contributed by atoms with Gasteiger partial charge in [0, 0.05) is 0 Å². The summed E-state index contributed by atoms with van der Waals surface area (Å²) in [5.74, 6) is 0.853. The first-order valence-corrected chi connectivity index (χ1v) is 8.41. The third-order valence-corrected chi connectivity index (χ3v) is 4.09. The monoisotopic (exact) mass is 370 g/mol. The molecule has 2 aromatic carbocycles. The highest BCUT2D eigenvalue weighted by Gasteiger charge is 2.31. The number of benzene rings is 2. The Hall–Kier alpha value is -3.06. The number of amides is 1. The first-order valence-electron chi connectivity index (χ1n) is 8.00. The molecule has 1 saturated heterocycles. The minimum absolute atomic E-state index is 0.0510. The molecule has 1 fully saturated rings. The molecular formula is C19H18N2O4S. The number of anilines is 1. The van der Waals surface area contributed by atoms with Gasteiger partial charge in [-0.3, -0.25) is 9.69 Å². The highest BCUT2D eigenvalue weighted by Crippen LogP contribution is 2.29. The Morgan fingerprint density at radius 1 is 1.23 bits per heavy atom. The Bertz CT molecular complexity index is 878. The number of rotatable bonds is 5. The molecule has 2 aromatic rings. The highest BCUT2D eigenvalue weighted by atomic mass is 32.1. The quantitative estimate of drug-likeness (QED) is 0.623. The molecule has 0 bridgehead atoms. The second-order valence-electron chi connectivity index (χ2n) is 5.49. The van der Waals surface area contributed by atoms with Gasteiger partial charge in [-0.15, -0.1) is 0 Å². The van der Waals surface area contributed by atoms with Gasteiger partial charge in [0.1, 0.15) is 11.4 Å². The zero-order valence-corrected chi connectivity index (χ0v) is 15.2. The second kappa shape index (κ2) is 7.45. The number of nitrogens with zero attached hydrogens (tertiary/aromatic N) is 1. The maximum atomic E-state index is 12.7. The molecule has 0 spiro atoms. The maximum absolute atomic E-state index is 12.7. The molecule has 0 aliphatic carbocycles. The van der Waals surface area contributed by atoms with Crippen LogP contribution in [-0.2, 0) is 4.79 Å². The Morgan fingerprint density at radius 3 is 2.62 bits per heavy atom. The molecule has 1 heterocycles. The molecule has 2 N–H and O–H groups in total. The lowest BCUT2D eigenvalue weighted by atomic mass is 10.1. The molecule has 1 amide bonds. The summed E-state index contributed by atoms with van der Waals surface area (Å²) in [5.41, 5.74) is 1.71. The van der Waals surface area contributed by atoms with E-state index in [0.29, 0.717) is 40.2 Å². The number of ether oxygens (including phenoxy) is 2. The van der Waals surface area contributed by atoms with Crippen LogP contribution in [0, 0.1) is 0 Å². The topological polar surface area (TPSA) is 71.0 Å². The largest absolute Gasteiger partial charge is 0.504 e. The number of methoxy groups -OCH3 is 1. The third kappa shape index (κ3) is 3.48.